The number of fused-ring (bicyclic) bond motifs is 1. The molecule has 12 nitrogen and oxygen atoms in total. The molecule has 0 amide bonds. The number of rotatable bonds is 9. The van der Waals surface area contributed by atoms with E-state index in [0.717, 1.165) is 0 Å². The van der Waals surface area contributed by atoms with E-state index in [1.165, 1.54) is 18.0 Å². The zero-order chi connectivity index (χ0) is 24.5. The Hall–Kier alpha value is -3.39. The molecule has 182 valence electrons. The number of nitrogens with zero attached hydrogens (tertiary/aromatic N) is 4. The average molecular weight is 477 g/mol. The number of carbonyl (C=O) groups is 1. The first-order valence-corrected chi connectivity index (χ1v) is 10.4. The molecule has 1 aliphatic heterocycles. The maximum Gasteiger partial charge on any atom is 0.341 e. The average Bonchev–Trinajstić information content (AvgIpc) is 3.39. The van der Waals surface area contributed by atoms with E-state index in [2.05, 4.69) is 15.0 Å². The van der Waals surface area contributed by atoms with Gasteiger partial charge in [0, 0.05) is 12.8 Å². The smallest absolute Gasteiger partial charge is 0.341 e. The summed E-state index contributed by atoms with van der Waals surface area (Å²) >= 11 is 0. The van der Waals surface area contributed by atoms with Crippen molar-refractivity contribution in [3.05, 3.63) is 42.2 Å². The van der Waals surface area contributed by atoms with Gasteiger partial charge in [0.15, 0.2) is 29.5 Å². The number of methoxy groups -OCH3 is 1. The minimum absolute atomic E-state index is 0.0240. The molecule has 3 heterocycles. The predicted octanol–water partition coefficient (Wildman–Crippen LogP) is 0.436. The van der Waals surface area contributed by atoms with Crippen LogP contribution in [-0.4, -0.2) is 78.7 Å². The van der Waals surface area contributed by atoms with E-state index in [0.29, 0.717) is 5.56 Å². The minimum Gasteiger partial charge on any atom is -0.479 e. The maximum absolute atomic E-state index is 14.9. The van der Waals surface area contributed by atoms with Gasteiger partial charge >= 0.3 is 12.0 Å². The first kappa shape index (κ1) is 23.8. The summed E-state index contributed by atoms with van der Waals surface area (Å²) in [4.78, 5) is 24.2. The molecule has 1 aliphatic rings. The minimum atomic E-state index is -2.37. The summed E-state index contributed by atoms with van der Waals surface area (Å²) in [6.07, 6.45) is -5.03. The molecule has 0 spiro atoms. The number of hydrogen-bond acceptors (Lipinski definition) is 10. The summed E-state index contributed by atoms with van der Waals surface area (Å²) in [5.41, 5.74) is 4.45. The van der Waals surface area contributed by atoms with Crippen LogP contribution < -0.4 is 10.5 Å². The maximum atomic E-state index is 14.9. The second-order valence-electron chi connectivity index (χ2n) is 7.86. The van der Waals surface area contributed by atoms with Crippen molar-refractivity contribution in [3.63, 3.8) is 0 Å². The third-order valence-corrected chi connectivity index (χ3v) is 5.63. The van der Waals surface area contributed by atoms with Gasteiger partial charge in [-0.3, -0.25) is 4.57 Å². The van der Waals surface area contributed by atoms with Gasteiger partial charge < -0.3 is 35.3 Å². The second-order valence-corrected chi connectivity index (χ2v) is 7.86. The highest BCUT2D eigenvalue weighted by Crippen LogP contribution is 2.35. The van der Waals surface area contributed by atoms with Crippen molar-refractivity contribution in [3.8, 4) is 6.01 Å². The van der Waals surface area contributed by atoms with E-state index >= 15 is 0 Å². The second kappa shape index (κ2) is 9.46. The highest BCUT2D eigenvalue weighted by molar-refractivity contribution is 5.82. The molecule has 3 aromatic rings. The van der Waals surface area contributed by atoms with E-state index in [-0.39, 0.29) is 35.8 Å². The van der Waals surface area contributed by atoms with Crippen LogP contribution in [0, 0.1) is 0 Å². The zero-order valence-electron chi connectivity index (χ0n) is 18.1. The Morgan fingerprint density at radius 1 is 1.35 bits per heavy atom. The number of ether oxygens (including phenoxy) is 3. The number of anilines is 1. The van der Waals surface area contributed by atoms with Crippen molar-refractivity contribution in [2.24, 2.45) is 0 Å². The molecule has 1 saturated heterocycles. The first-order chi connectivity index (χ1) is 16.2. The first-order valence-electron chi connectivity index (χ1n) is 10.4. The number of imidazole rings is 1. The van der Waals surface area contributed by atoms with Gasteiger partial charge in [-0.15, -0.1) is 0 Å². The Morgan fingerprint density at radius 3 is 2.74 bits per heavy atom. The van der Waals surface area contributed by atoms with Crippen molar-refractivity contribution in [2.75, 3.05) is 19.5 Å². The lowest BCUT2D eigenvalue weighted by Gasteiger charge is -2.32. The number of benzene rings is 1. The van der Waals surface area contributed by atoms with Crippen LogP contribution in [0.5, 0.6) is 6.01 Å². The Kier molecular flexibility index (Phi) is 6.61. The lowest BCUT2D eigenvalue weighted by atomic mass is 9.93. The molecule has 5 N–H and O–H groups in total. The number of carboxylic acids is 1. The molecule has 13 heteroatoms. The Morgan fingerprint density at radius 2 is 2.09 bits per heavy atom. The van der Waals surface area contributed by atoms with E-state index in [1.54, 1.807) is 30.3 Å². The number of aliphatic hydroxyl groups excluding tert-OH is 1. The van der Waals surface area contributed by atoms with Crippen LogP contribution in [-0.2, 0) is 20.7 Å². The highest BCUT2D eigenvalue weighted by Gasteiger charge is 2.48. The van der Waals surface area contributed by atoms with Crippen LogP contribution in [0.2, 0.25) is 0 Å². The SMILES string of the molecule is COc1nc(N)c2ncn([C@@H]3O[C@H](COC(Cc4ccccc4)(C(=O)O)C(O)O)C[C@@H]3F)c2n1. The lowest BCUT2D eigenvalue weighted by Crippen LogP contribution is -2.54. The third kappa shape index (κ3) is 4.37. The number of nitrogens with two attached hydrogens (primary N) is 1. The fourth-order valence-corrected chi connectivity index (χ4v) is 3.85. The van der Waals surface area contributed by atoms with Gasteiger partial charge in [0.05, 0.1) is 26.1 Å². The number of aliphatic hydroxyl groups is 2. The fourth-order valence-electron chi connectivity index (χ4n) is 3.85. The van der Waals surface area contributed by atoms with Crippen LogP contribution >= 0.6 is 0 Å². The largest absolute Gasteiger partial charge is 0.479 e. The van der Waals surface area contributed by atoms with Crippen molar-refractivity contribution in [2.45, 2.75) is 43.2 Å². The van der Waals surface area contributed by atoms with Gasteiger partial charge in [-0.05, 0) is 5.56 Å². The van der Waals surface area contributed by atoms with Gasteiger partial charge in [-0.1, -0.05) is 30.3 Å². The molecule has 0 saturated carbocycles. The van der Waals surface area contributed by atoms with Crippen molar-refractivity contribution >= 4 is 23.0 Å². The quantitative estimate of drug-likeness (QED) is 0.315. The summed E-state index contributed by atoms with van der Waals surface area (Å²) in [6, 6.07) is 8.35. The lowest BCUT2D eigenvalue weighted by molar-refractivity contribution is -0.229. The van der Waals surface area contributed by atoms with Gasteiger partial charge in [0.25, 0.3) is 0 Å². The van der Waals surface area contributed by atoms with Crippen LogP contribution in [0.1, 0.15) is 18.2 Å². The summed E-state index contributed by atoms with van der Waals surface area (Å²) in [7, 11) is 1.36. The number of aliphatic carboxylic acids is 1. The van der Waals surface area contributed by atoms with Crippen LogP contribution in [0.4, 0.5) is 10.2 Å². The molecule has 0 aliphatic carbocycles. The monoisotopic (exact) mass is 477 g/mol. The molecule has 1 aromatic carbocycles. The topological polar surface area (TPSA) is 175 Å². The van der Waals surface area contributed by atoms with Crippen molar-refractivity contribution in [1.82, 2.24) is 19.5 Å². The summed E-state index contributed by atoms with van der Waals surface area (Å²) in [5.74, 6) is -1.52. The van der Waals surface area contributed by atoms with Gasteiger partial charge in [-0.25, -0.2) is 14.2 Å². The van der Waals surface area contributed by atoms with Crippen LogP contribution in [0.25, 0.3) is 11.2 Å². The molecule has 0 bridgehead atoms. The molecular formula is C21H24FN5O7. The summed E-state index contributed by atoms with van der Waals surface area (Å²) in [6.45, 7) is -0.402. The van der Waals surface area contributed by atoms with Crippen molar-refractivity contribution < 1.29 is 38.7 Å². The van der Waals surface area contributed by atoms with Gasteiger partial charge in [0.1, 0.15) is 6.17 Å². The van der Waals surface area contributed by atoms with Gasteiger partial charge in [-0.2, -0.15) is 9.97 Å². The number of hydrogen-bond donors (Lipinski definition) is 4. The number of carboxylic acid groups (broad SMARTS) is 1. The highest BCUT2D eigenvalue weighted by atomic mass is 19.1. The molecule has 4 atom stereocenters. The van der Waals surface area contributed by atoms with E-state index < -0.39 is 43.0 Å². The number of alkyl halides is 1. The Balaban J connectivity index is 1.53. The normalized spacial score (nSPS) is 22.2. The van der Waals surface area contributed by atoms with Crippen molar-refractivity contribution in [1.29, 1.82) is 0 Å². The fraction of sp³-hybridized carbons (Fsp3) is 0.429. The summed E-state index contributed by atoms with van der Waals surface area (Å²) < 4.78 is 32.6. The number of aromatic nitrogens is 4. The third-order valence-electron chi connectivity index (χ3n) is 5.63. The predicted molar refractivity (Wildman–Crippen MR) is 114 cm³/mol. The van der Waals surface area contributed by atoms with E-state index in [1.807, 2.05) is 0 Å². The molecule has 2 aromatic heterocycles. The standard InChI is InChI=1S/C21H24FN5O7/c1-32-20-25-15(23)14-16(26-20)27(10-24-14)17-13(22)7-12(34-17)9-33-21(18(28)29,19(30)31)8-11-5-3-2-4-6-11/h2-6,10,12-13,17-18,28-29H,7-9H2,1H3,(H,30,31)(H2,23,25,26)/t12-,13-,17+,21?/m0/s1. The van der Waals surface area contributed by atoms with Gasteiger partial charge in [0.2, 0.25) is 5.60 Å². The Labute approximate surface area is 192 Å². The van der Waals surface area contributed by atoms with Crippen LogP contribution in [0.15, 0.2) is 36.7 Å². The molecule has 0 radical (unpaired) electrons. The zero-order valence-corrected chi connectivity index (χ0v) is 18.1. The molecule has 1 unspecified atom stereocenters. The van der Waals surface area contributed by atoms with E-state index in [9.17, 15) is 24.5 Å². The molecule has 1 fully saturated rings. The molecular weight excluding hydrogens is 453 g/mol. The molecule has 34 heavy (non-hydrogen) atoms. The summed E-state index contributed by atoms with van der Waals surface area (Å²) in [5, 5.41) is 29.6. The van der Waals surface area contributed by atoms with E-state index in [4.69, 9.17) is 19.9 Å². The number of nitrogen functional groups attached to an aromatic ring is 1. The Bertz CT molecular complexity index is 1160. The molecule has 4 rings (SSSR count). The van der Waals surface area contributed by atoms with Crippen LogP contribution in [0.3, 0.4) is 0 Å². The number of halogens is 1.